The van der Waals surface area contributed by atoms with Gasteiger partial charge in [0.05, 0.1) is 0 Å². The Kier molecular flexibility index (Phi) is 6.46. The molecule has 0 aromatic rings. The number of hydrogen-bond donors (Lipinski definition) is 1. The lowest BCUT2D eigenvalue weighted by Gasteiger charge is -2.00. The van der Waals surface area contributed by atoms with Gasteiger partial charge in [0, 0.05) is 5.41 Å². The Morgan fingerprint density at radius 2 is 2.18 bits per heavy atom. The summed E-state index contributed by atoms with van der Waals surface area (Å²) >= 11 is -1.76. The van der Waals surface area contributed by atoms with Gasteiger partial charge in [0.2, 0.25) is 0 Å². The molecule has 1 atom stereocenters. The fourth-order valence-corrected chi connectivity index (χ4v) is 1.44. The van der Waals surface area contributed by atoms with E-state index in [9.17, 15) is 4.21 Å². The van der Waals surface area contributed by atoms with E-state index in [1.807, 2.05) is 6.92 Å². The molecule has 11 heavy (non-hydrogen) atoms. The van der Waals surface area contributed by atoms with Crippen LogP contribution in [0.5, 0.6) is 0 Å². The van der Waals surface area contributed by atoms with Crippen LogP contribution in [0, 0.1) is 0 Å². The monoisotopic (exact) mass is 176 g/mol. The minimum Gasteiger partial charge on any atom is -0.303 e. The molecule has 1 N–H and O–H groups in total. The highest BCUT2D eigenvalue weighted by Crippen LogP contribution is 2.11. The van der Waals surface area contributed by atoms with Gasteiger partial charge in [-0.1, -0.05) is 25.8 Å². The molecule has 0 aliphatic carbocycles. The van der Waals surface area contributed by atoms with Crippen molar-refractivity contribution in [3.63, 3.8) is 0 Å². The third kappa shape index (κ3) is 6.26. The van der Waals surface area contributed by atoms with Gasteiger partial charge in [0.25, 0.3) is 0 Å². The van der Waals surface area contributed by atoms with Crippen molar-refractivity contribution in [2.75, 3.05) is 0 Å². The average Bonchev–Trinajstić information content (AvgIpc) is 1.97. The zero-order valence-corrected chi connectivity index (χ0v) is 7.99. The molecule has 0 radical (unpaired) electrons. The maximum Gasteiger partial charge on any atom is 0.178 e. The van der Waals surface area contributed by atoms with E-state index in [-0.39, 0.29) is 0 Å². The maximum absolute atomic E-state index is 10.4. The number of allylic oxidation sites excluding steroid dienone is 1. The van der Waals surface area contributed by atoms with Crippen LogP contribution >= 0.6 is 0 Å². The zero-order chi connectivity index (χ0) is 8.69. The van der Waals surface area contributed by atoms with Crippen molar-refractivity contribution in [1.82, 2.24) is 0 Å². The Morgan fingerprint density at radius 1 is 1.55 bits per heavy atom. The van der Waals surface area contributed by atoms with Crippen LogP contribution in [-0.4, -0.2) is 8.76 Å². The van der Waals surface area contributed by atoms with Crippen LogP contribution in [0.2, 0.25) is 0 Å². The summed E-state index contributed by atoms with van der Waals surface area (Å²) in [6, 6.07) is 0. The van der Waals surface area contributed by atoms with Gasteiger partial charge in [0.1, 0.15) is 0 Å². The number of unbranched alkanes of at least 4 members (excludes halogenated alkanes) is 1. The summed E-state index contributed by atoms with van der Waals surface area (Å²) in [6.45, 7) is 4.12. The van der Waals surface area contributed by atoms with Crippen molar-refractivity contribution in [2.45, 2.75) is 39.5 Å². The van der Waals surface area contributed by atoms with E-state index in [4.69, 9.17) is 4.55 Å². The Labute approximate surface area is 71.0 Å². The lowest BCUT2D eigenvalue weighted by molar-refractivity contribution is 0.573. The summed E-state index contributed by atoms with van der Waals surface area (Å²) in [4.78, 5) is 0. The first-order valence-corrected chi connectivity index (χ1v) is 5.16. The van der Waals surface area contributed by atoms with Crippen molar-refractivity contribution in [3.8, 4) is 0 Å². The Hall–Kier alpha value is -0.150. The summed E-state index contributed by atoms with van der Waals surface area (Å²) in [5.41, 5.74) is 1.09. The predicted molar refractivity (Wildman–Crippen MR) is 48.7 cm³/mol. The van der Waals surface area contributed by atoms with Crippen LogP contribution in [0.25, 0.3) is 0 Å². The molecule has 1 unspecified atom stereocenters. The largest absolute Gasteiger partial charge is 0.303 e. The summed E-state index contributed by atoms with van der Waals surface area (Å²) in [6.07, 6.45) is 4.08. The molecule has 0 heterocycles. The number of rotatable bonds is 5. The van der Waals surface area contributed by atoms with E-state index in [2.05, 4.69) is 6.92 Å². The van der Waals surface area contributed by atoms with E-state index in [0.29, 0.717) is 0 Å². The van der Waals surface area contributed by atoms with E-state index >= 15 is 0 Å². The van der Waals surface area contributed by atoms with Crippen LogP contribution in [-0.2, 0) is 11.1 Å². The Balaban J connectivity index is 3.84. The zero-order valence-electron chi connectivity index (χ0n) is 7.17. The second-order valence-corrected chi connectivity index (χ2v) is 3.30. The molecule has 0 aliphatic rings. The predicted octanol–water partition coefficient (Wildman–Crippen LogP) is 2.69. The van der Waals surface area contributed by atoms with Crippen molar-refractivity contribution < 1.29 is 8.76 Å². The molecule has 0 rings (SSSR count). The quantitative estimate of drug-likeness (QED) is 0.654. The Morgan fingerprint density at radius 3 is 2.55 bits per heavy atom. The van der Waals surface area contributed by atoms with Crippen LogP contribution in [0.3, 0.4) is 0 Å². The summed E-state index contributed by atoms with van der Waals surface area (Å²) < 4.78 is 18.9. The fourth-order valence-electron chi connectivity index (χ4n) is 0.865. The van der Waals surface area contributed by atoms with Crippen LogP contribution in [0.15, 0.2) is 11.0 Å². The van der Waals surface area contributed by atoms with Gasteiger partial charge in [0.15, 0.2) is 11.1 Å². The molecule has 0 aliphatic heterocycles. The molecule has 0 spiro atoms. The highest BCUT2D eigenvalue weighted by Gasteiger charge is 1.95. The van der Waals surface area contributed by atoms with Crippen LogP contribution in [0.1, 0.15) is 39.5 Å². The second-order valence-electron chi connectivity index (χ2n) is 2.51. The summed E-state index contributed by atoms with van der Waals surface area (Å²) in [5, 5.41) is 1.44. The molecule has 0 amide bonds. The second kappa shape index (κ2) is 6.55. The third-order valence-corrected chi connectivity index (χ3v) is 2.11. The fraction of sp³-hybridized carbons (Fsp3) is 0.750. The van der Waals surface area contributed by atoms with Gasteiger partial charge >= 0.3 is 0 Å². The molecular weight excluding hydrogens is 160 g/mol. The molecule has 0 saturated carbocycles. The molecule has 0 aromatic carbocycles. The minimum atomic E-state index is -1.76. The lowest BCUT2D eigenvalue weighted by Crippen LogP contribution is -1.86. The standard InChI is InChI=1S/C8H16O2S/c1-3-5-6-8(4-2)7-11(9)10/h7H,3-6H2,1-2H3,(H,9,10). The SMILES string of the molecule is CCCCC(=CS(=O)O)CC. The Bertz CT molecular complexity index is 152. The average molecular weight is 176 g/mol. The highest BCUT2D eigenvalue weighted by molar-refractivity contribution is 7.82. The summed E-state index contributed by atoms with van der Waals surface area (Å²) in [7, 11) is 0. The van der Waals surface area contributed by atoms with E-state index < -0.39 is 11.1 Å². The van der Waals surface area contributed by atoms with Gasteiger partial charge in [-0.25, -0.2) is 4.21 Å². The van der Waals surface area contributed by atoms with Crippen LogP contribution < -0.4 is 0 Å². The third-order valence-electron chi connectivity index (χ3n) is 1.57. The molecule has 0 saturated heterocycles. The van der Waals surface area contributed by atoms with Crippen molar-refractivity contribution >= 4 is 11.1 Å². The molecule has 0 aromatic heterocycles. The maximum atomic E-state index is 10.4. The molecule has 66 valence electrons. The molecule has 0 fully saturated rings. The van der Waals surface area contributed by atoms with E-state index in [1.54, 1.807) is 0 Å². The molecule has 3 heteroatoms. The van der Waals surface area contributed by atoms with Gasteiger partial charge in [-0.3, -0.25) is 0 Å². The first kappa shape index (κ1) is 10.8. The first-order valence-electron chi connectivity index (χ1n) is 3.99. The van der Waals surface area contributed by atoms with Crippen LogP contribution in [0.4, 0.5) is 0 Å². The molecule has 2 nitrogen and oxygen atoms in total. The van der Waals surface area contributed by atoms with Gasteiger partial charge < -0.3 is 4.55 Å². The van der Waals surface area contributed by atoms with E-state index in [1.165, 1.54) is 5.41 Å². The van der Waals surface area contributed by atoms with Gasteiger partial charge in [-0.2, -0.15) is 0 Å². The topological polar surface area (TPSA) is 37.3 Å². The normalized spacial score (nSPS) is 15.0. The molecular formula is C8H16O2S. The minimum absolute atomic E-state index is 0.881. The van der Waals surface area contributed by atoms with Gasteiger partial charge in [-0.05, 0) is 19.3 Å². The first-order chi connectivity index (χ1) is 5.20. The smallest absolute Gasteiger partial charge is 0.178 e. The van der Waals surface area contributed by atoms with Crippen molar-refractivity contribution in [1.29, 1.82) is 0 Å². The van der Waals surface area contributed by atoms with E-state index in [0.717, 1.165) is 31.3 Å². The summed E-state index contributed by atoms with van der Waals surface area (Å²) in [5.74, 6) is 0. The highest BCUT2D eigenvalue weighted by atomic mass is 32.2. The van der Waals surface area contributed by atoms with Crippen molar-refractivity contribution in [2.24, 2.45) is 0 Å². The number of hydrogen-bond acceptors (Lipinski definition) is 1. The molecule has 0 bridgehead atoms. The lowest BCUT2D eigenvalue weighted by atomic mass is 10.1. The van der Waals surface area contributed by atoms with Crippen molar-refractivity contribution in [3.05, 3.63) is 11.0 Å². The van der Waals surface area contributed by atoms with Gasteiger partial charge in [-0.15, -0.1) is 0 Å².